The van der Waals surface area contributed by atoms with Crippen LogP contribution >= 0.6 is 11.8 Å². The molecule has 1 atom stereocenters. The molecule has 0 aliphatic carbocycles. The molecule has 2 aromatic carbocycles. The molecule has 3 rings (SSSR count). The summed E-state index contributed by atoms with van der Waals surface area (Å²) in [4.78, 5) is 24.4. The lowest BCUT2D eigenvalue weighted by Crippen LogP contribution is -2.26. The number of thioether (sulfide) groups is 1. The van der Waals surface area contributed by atoms with Crippen LogP contribution in [0.1, 0.15) is 13.3 Å². The van der Waals surface area contributed by atoms with Crippen molar-refractivity contribution in [1.29, 1.82) is 0 Å². The number of amides is 2. The van der Waals surface area contributed by atoms with Crippen molar-refractivity contribution in [2.75, 3.05) is 16.4 Å². The number of para-hydroxylation sites is 1. The molecule has 2 N–H and O–H groups in total. The number of nitrogens with one attached hydrogen (secondary N) is 2. The van der Waals surface area contributed by atoms with Crippen molar-refractivity contribution >= 4 is 44.8 Å². The van der Waals surface area contributed by atoms with E-state index in [0.717, 1.165) is 4.90 Å². The minimum atomic E-state index is -3.80. The average Bonchev–Trinajstić information content (AvgIpc) is 2.62. The van der Waals surface area contributed by atoms with Crippen molar-refractivity contribution in [3.05, 3.63) is 48.3 Å². The number of halogens is 1. The molecule has 1 aliphatic heterocycles. The molecule has 2 amide bonds. The van der Waals surface area contributed by atoms with Crippen molar-refractivity contribution in [3.63, 3.8) is 0 Å². The first-order valence-electron chi connectivity index (χ1n) is 8.12. The van der Waals surface area contributed by atoms with E-state index in [0.29, 0.717) is 5.69 Å². The quantitative estimate of drug-likeness (QED) is 0.793. The molecule has 0 spiro atoms. The maximum absolute atomic E-state index is 13.6. The van der Waals surface area contributed by atoms with E-state index in [-0.39, 0.29) is 28.7 Å². The zero-order valence-corrected chi connectivity index (χ0v) is 16.0. The van der Waals surface area contributed by atoms with Gasteiger partial charge in [-0.25, -0.2) is 12.8 Å². The molecular formula is C18H17FN2O4S2. The number of fused-ring (bicyclic) bond motifs is 1. The first kappa shape index (κ1) is 19.4. The highest BCUT2D eigenvalue weighted by Gasteiger charge is 2.27. The summed E-state index contributed by atoms with van der Waals surface area (Å²) in [5, 5.41) is 4.01. The zero-order chi connectivity index (χ0) is 19.6. The lowest BCUT2D eigenvalue weighted by Gasteiger charge is -2.18. The molecule has 0 unspecified atom stereocenters. The van der Waals surface area contributed by atoms with E-state index in [4.69, 9.17) is 0 Å². The van der Waals surface area contributed by atoms with Gasteiger partial charge in [-0.3, -0.25) is 9.59 Å². The molecule has 1 aliphatic rings. The summed E-state index contributed by atoms with van der Waals surface area (Å²) in [5.41, 5.74) is 0.445. The highest BCUT2D eigenvalue weighted by atomic mass is 32.2. The van der Waals surface area contributed by atoms with Crippen LogP contribution in [0.4, 0.5) is 15.8 Å². The number of sulfone groups is 1. The maximum atomic E-state index is 13.6. The number of carbonyl (C=O) groups excluding carboxylic acids is 2. The van der Waals surface area contributed by atoms with Crippen molar-refractivity contribution in [3.8, 4) is 0 Å². The van der Waals surface area contributed by atoms with Gasteiger partial charge in [0.1, 0.15) is 5.82 Å². The lowest BCUT2D eigenvalue weighted by molar-refractivity contribution is -0.116. The Labute approximate surface area is 160 Å². The average molecular weight is 408 g/mol. The first-order chi connectivity index (χ1) is 12.8. The number of carbonyl (C=O) groups is 2. The smallest absolute Gasteiger partial charge is 0.234 e. The van der Waals surface area contributed by atoms with E-state index in [1.165, 1.54) is 49.0 Å². The van der Waals surface area contributed by atoms with Gasteiger partial charge in [0.15, 0.2) is 9.84 Å². The predicted molar refractivity (Wildman–Crippen MR) is 102 cm³/mol. The van der Waals surface area contributed by atoms with E-state index in [1.54, 1.807) is 12.1 Å². The molecule has 0 saturated carbocycles. The van der Waals surface area contributed by atoms with Crippen LogP contribution in [0.2, 0.25) is 0 Å². The second-order valence-electron chi connectivity index (χ2n) is 6.08. The van der Waals surface area contributed by atoms with Gasteiger partial charge in [0.25, 0.3) is 0 Å². The standard InChI is InChI=1S/C18H17FN2O4S2/c1-11(8-17(22)20-14-5-3-2-4-13(14)19)27(24,25)12-6-7-16-15(9-12)21-18(23)10-26-16/h2-7,9,11H,8,10H2,1H3,(H,20,22)(H,21,23)/t11-/m1/s1. The van der Waals surface area contributed by atoms with Crippen LogP contribution in [-0.2, 0) is 19.4 Å². The maximum Gasteiger partial charge on any atom is 0.234 e. The Morgan fingerprint density at radius 1 is 1.30 bits per heavy atom. The van der Waals surface area contributed by atoms with Crippen LogP contribution in [0.25, 0.3) is 0 Å². The molecule has 1 heterocycles. The molecule has 0 bridgehead atoms. The Morgan fingerprint density at radius 2 is 2.04 bits per heavy atom. The monoisotopic (exact) mass is 408 g/mol. The van der Waals surface area contributed by atoms with Gasteiger partial charge < -0.3 is 10.6 Å². The number of benzene rings is 2. The molecule has 9 heteroatoms. The molecule has 0 fully saturated rings. The molecule has 0 aromatic heterocycles. The number of rotatable bonds is 5. The first-order valence-corrected chi connectivity index (χ1v) is 10.7. The molecular weight excluding hydrogens is 391 g/mol. The highest BCUT2D eigenvalue weighted by molar-refractivity contribution is 8.00. The van der Waals surface area contributed by atoms with Crippen molar-refractivity contribution < 1.29 is 22.4 Å². The summed E-state index contributed by atoms with van der Waals surface area (Å²) in [7, 11) is -3.80. The van der Waals surface area contributed by atoms with Gasteiger partial charge in [-0.15, -0.1) is 11.8 Å². The second kappa shape index (κ2) is 7.69. The summed E-state index contributed by atoms with van der Waals surface area (Å²) in [6.45, 7) is 1.42. The highest BCUT2D eigenvalue weighted by Crippen LogP contribution is 2.34. The van der Waals surface area contributed by atoms with E-state index in [9.17, 15) is 22.4 Å². The fraction of sp³-hybridized carbons (Fsp3) is 0.222. The van der Waals surface area contributed by atoms with Gasteiger partial charge in [-0.2, -0.15) is 0 Å². The van der Waals surface area contributed by atoms with Crippen LogP contribution in [-0.4, -0.2) is 31.2 Å². The molecule has 27 heavy (non-hydrogen) atoms. The minimum absolute atomic E-state index is 0.000570. The number of hydrogen-bond donors (Lipinski definition) is 2. The summed E-state index contributed by atoms with van der Waals surface area (Å²) < 4.78 is 39.2. The summed E-state index contributed by atoms with van der Waals surface area (Å²) >= 11 is 1.33. The topological polar surface area (TPSA) is 92.3 Å². The second-order valence-corrected chi connectivity index (χ2v) is 9.47. The zero-order valence-electron chi connectivity index (χ0n) is 14.4. The Kier molecular flexibility index (Phi) is 5.52. The normalized spacial score (nSPS) is 14.8. The third-order valence-corrected chi connectivity index (χ3v) is 7.27. The van der Waals surface area contributed by atoms with Gasteiger partial charge in [0.05, 0.1) is 27.3 Å². The summed E-state index contributed by atoms with van der Waals surface area (Å²) in [6, 6.07) is 10.2. The molecule has 2 aromatic rings. The number of hydrogen-bond acceptors (Lipinski definition) is 5. The largest absolute Gasteiger partial charge is 0.324 e. The third kappa shape index (κ3) is 4.30. The van der Waals surface area contributed by atoms with E-state index in [1.807, 2.05) is 0 Å². The van der Waals surface area contributed by atoms with E-state index in [2.05, 4.69) is 10.6 Å². The fourth-order valence-corrected chi connectivity index (χ4v) is 4.77. The Bertz CT molecular complexity index is 1010. The van der Waals surface area contributed by atoms with Gasteiger partial charge >= 0.3 is 0 Å². The lowest BCUT2D eigenvalue weighted by atomic mass is 10.2. The van der Waals surface area contributed by atoms with Crippen LogP contribution < -0.4 is 10.6 Å². The van der Waals surface area contributed by atoms with Crippen LogP contribution in [0, 0.1) is 5.82 Å². The SMILES string of the molecule is C[C@H](CC(=O)Nc1ccccc1F)S(=O)(=O)c1ccc2c(c1)NC(=O)CS2. The fourth-order valence-electron chi connectivity index (χ4n) is 2.61. The minimum Gasteiger partial charge on any atom is -0.324 e. The van der Waals surface area contributed by atoms with Crippen molar-refractivity contribution in [2.24, 2.45) is 0 Å². The number of anilines is 2. The predicted octanol–water partition coefficient (Wildman–Crippen LogP) is 3.06. The van der Waals surface area contributed by atoms with E-state index < -0.39 is 26.8 Å². The van der Waals surface area contributed by atoms with Crippen LogP contribution in [0.3, 0.4) is 0 Å². The molecule has 6 nitrogen and oxygen atoms in total. The van der Waals surface area contributed by atoms with Gasteiger partial charge in [0.2, 0.25) is 11.8 Å². The van der Waals surface area contributed by atoms with Crippen molar-refractivity contribution in [1.82, 2.24) is 0 Å². The summed E-state index contributed by atoms with van der Waals surface area (Å²) in [6.07, 6.45) is -0.325. The summed E-state index contributed by atoms with van der Waals surface area (Å²) in [5.74, 6) is -1.10. The van der Waals surface area contributed by atoms with Crippen molar-refractivity contribution in [2.45, 2.75) is 28.4 Å². The molecule has 142 valence electrons. The third-order valence-electron chi connectivity index (χ3n) is 4.06. The van der Waals surface area contributed by atoms with Gasteiger partial charge in [-0.1, -0.05) is 12.1 Å². The van der Waals surface area contributed by atoms with Gasteiger partial charge in [-0.05, 0) is 37.3 Å². The Balaban J connectivity index is 1.74. The van der Waals surface area contributed by atoms with Crippen LogP contribution in [0.5, 0.6) is 0 Å². The van der Waals surface area contributed by atoms with E-state index >= 15 is 0 Å². The molecule has 0 radical (unpaired) electrons. The molecule has 0 saturated heterocycles. The van der Waals surface area contributed by atoms with Gasteiger partial charge in [0, 0.05) is 11.3 Å². The Morgan fingerprint density at radius 3 is 2.78 bits per heavy atom. The van der Waals surface area contributed by atoms with Crippen LogP contribution in [0.15, 0.2) is 52.3 Å². The Hall–Kier alpha value is -2.39.